The molecule has 0 amide bonds. The Kier molecular flexibility index (Phi) is 5.59. The maximum Gasteiger partial charge on any atom is 0.251 e. The molecule has 2 heterocycles. The standard InChI is InChI=1S/C21H23N3O4S/c1-15-12-19(16(2)24(15)17-8-6-5-7-9-17)20(25)14-23-13-18(10-11-21(23)26)29(27,28)22(3)4/h5-13H,14H2,1-4H3. The van der Waals surface area contributed by atoms with E-state index in [9.17, 15) is 18.0 Å². The number of carbonyl (C=O) groups is 1. The van der Waals surface area contributed by atoms with Gasteiger partial charge in [0.1, 0.15) is 0 Å². The summed E-state index contributed by atoms with van der Waals surface area (Å²) in [4.78, 5) is 25.1. The largest absolute Gasteiger partial charge is 0.318 e. The molecule has 1 aromatic carbocycles. The number of Topliss-reactive ketones (excluding diaryl/α,β-unsaturated/α-hetero) is 1. The van der Waals surface area contributed by atoms with E-state index in [4.69, 9.17) is 0 Å². The Labute approximate surface area is 169 Å². The summed E-state index contributed by atoms with van der Waals surface area (Å²) in [6.07, 6.45) is 1.21. The first kappa shape index (κ1) is 20.8. The van der Waals surface area contributed by atoms with Gasteiger partial charge >= 0.3 is 0 Å². The minimum absolute atomic E-state index is 0.0374. The highest BCUT2D eigenvalue weighted by Crippen LogP contribution is 2.21. The summed E-state index contributed by atoms with van der Waals surface area (Å²) in [5.41, 5.74) is 2.67. The second kappa shape index (κ2) is 7.81. The number of sulfonamides is 1. The molecule has 0 spiro atoms. The third kappa shape index (κ3) is 3.94. The van der Waals surface area contributed by atoms with Crippen LogP contribution in [0.2, 0.25) is 0 Å². The summed E-state index contributed by atoms with van der Waals surface area (Å²) < 4.78 is 28.8. The number of nitrogens with zero attached hydrogens (tertiary/aromatic N) is 3. The van der Waals surface area contributed by atoms with Crippen LogP contribution in [0.1, 0.15) is 21.7 Å². The molecule has 7 nitrogen and oxygen atoms in total. The zero-order valence-electron chi connectivity index (χ0n) is 16.8. The van der Waals surface area contributed by atoms with Crippen molar-refractivity contribution < 1.29 is 13.2 Å². The minimum atomic E-state index is -3.71. The van der Waals surface area contributed by atoms with Crippen LogP contribution in [0.4, 0.5) is 0 Å². The van der Waals surface area contributed by atoms with Crippen LogP contribution >= 0.6 is 0 Å². The Morgan fingerprint density at radius 3 is 2.31 bits per heavy atom. The lowest BCUT2D eigenvalue weighted by Crippen LogP contribution is -2.27. The van der Waals surface area contributed by atoms with Gasteiger partial charge in [-0.3, -0.25) is 9.59 Å². The fourth-order valence-electron chi connectivity index (χ4n) is 3.26. The Morgan fingerprint density at radius 2 is 1.69 bits per heavy atom. The van der Waals surface area contributed by atoms with E-state index in [1.165, 1.54) is 26.4 Å². The summed E-state index contributed by atoms with van der Waals surface area (Å²) in [5.74, 6) is -0.262. The third-order valence-electron chi connectivity index (χ3n) is 4.79. The fraction of sp³-hybridized carbons (Fsp3) is 0.238. The number of hydrogen-bond acceptors (Lipinski definition) is 4. The van der Waals surface area contributed by atoms with E-state index >= 15 is 0 Å². The highest BCUT2D eigenvalue weighted by atomic mass is 32.2. The number of para-hydroxylation sites is 1. The van der Waals surface area contributed by atoms with Gasteiger partial charge in [0, 0.05) is 49.0 Å². The van der Waals surface area contributed by atoms with Crippen molar-refractivity contribution >= 4 is 15.8 Å². The summed E-state index contributed by atoms with van der Waals surface area (Å²) in [6.45, 7) is 3.52. The topological polar surface area (TPSA) is 81.4 Å². The summed E-state index contributed by atoms with van der Waals surface area (Å²) >= 11 is 0. The normalized spacial score (nSPS) is 11.8. The predicted molar refractivity (Wildman–Crippen MR) is 111 cm³/mol. The molecule has 29 heavy (non-hydrogen) atoms. The number of carbonyl (C=O) groups excluding carboxylic acids is 1. The first-order chi connectivity index (χ1) is 13.6. The average Bonchev–Trinajstić information content (AvgIpc) is 2.98. The zero-order chi connectivity index (χ0) is 21.3. The molecule has 3 rings (SSSR count). The van der Waals surface area contributed by atoms with Crippen molar-refractivity contribution in [3.05, 3.63) is 82.0 Å². The van der Waals surface area contributed by atoms with Crippen molar-refractivity contribution in [3.63, 3.8) is 0 Å². The molecule has 0 radical (unpaired) electrons. The van der Waals surface area contributed by atoms with Gasteiger partial charge in [-0.2, -0.15) is 0 Å². The Bertz CT molecular complexity index is 1220. The van der Waals surface area contributed by atoms with Crippen LogP contribution in [0.25, 0.3) is 5.69 Å². The zero-order valence-corrected chi connectivity index (χ0v) is 17.6. The number of pyridine rings is 1. The highest BCUT2D eigenvalue weighted by molar-refractivity contribution is 7.89. The lowest BCUT2D eigenvalue weighted by molar-refractivity contribution is 0.0970. The molecule has 0 unspecified atom stereocenters. The monoisotopic (exact) mass is 413 g/mol. The van der Waals surface area contributed by atoms with Gasteiger partial charge in [0.25, 0.3) is 5.56 Å². The number of benzene rings is 1. The van der Waals surface area contributed by atoms with Gasteiger partial charge in [-0.05, 0) is 38.1 Å². The van der Waals surface area contributed by atoms with Crippen molar-refractivity contribution in [2.45, 2.75) is 25.3 Å². The molecule has 3 aromatic rings. The minimum Gasteiger partial charge on any atom is -0.318 e. The lowest BCUT2D eigenvalue weighted by atomic mass is 10.1. The van der Waals surface area contributed by atoms with Crippen LogP contribution in [-0.2, 0) is 16.6 Å². The average molecular weight is 413 g/mol. The van der Waals surface area contributed by atoms with Gasteiger partial charge in [0.2, 0.25) is 10.0 Å². The Balaban J connectivity index is 1.97. The van der Waals surface area contributed by atoms with E-state index in [1.54, 1.807) is 6.07 Å². The molecule has 0 aliphatic heterocycles. The van der Waals surface area contributed by atoms with E-state index in [0.29, 0.717) is 5.56 Å². The van der Waals surface area contributed by atoms with Crippen LogP contribution in [0.5, 0.6) is 0 Å². The van der Waals surface area contributed by atoms with Crippen molar-refractivity contribution in [1.29, 1.82) is 0 Å². The Hall–Kier alpha value is -2.97. The SMILES string of the molecule is Cc1cc(C(=O)Cn2cc(S(=O)(=O)N(C)C)ccc2=O)c(C)n1-c1ccccc1. The maximum atomic E-state index is 12.9. The second-order valence-corrected chi connectivity index (χ2v) is 9.15. The van der Waals surface area contributed by atoms with E-state index in [0.717, 1.165) is 32.0 Å². The molecule has 0 N–H and O–H groups in total. The summed E-state index contributed by atoms with van der Waals surface area (Å²) in [5, 5.41) is 0. The molecule has 0 saturated heterocycles. The van der Waals surface area contributed by atoms with Gasteiger partial charge in [-0.25, -0.2) is 12.7 Å². The number of hydrogen-bond donors (Lipinski definition) is 0. The fourth-order valence-corrected chi connectivity index (χ4v) is 4.18. The molecule has 0 fully saturated rings. The van der Waals surface area contributed by atoms with Crippen LogP contribution in [-0.4, -0.2) is 41.7 Å². The summed E-state index contributed by atoms with van der Waals surface area (Å²) in [6, 6.07) is 13.9. The van der Waals surface area contributed by atoms with Crippen LogP contribution in [0.15, 0.2) is 64.4 Å². The highest BCUT2D eigenvalue weighted by Gasteiger charge is 2.21. The van der Waals surface area contributed by atoms with E-state index in [1.807, 2.05) is 48.7 Å². The predicted octanol–water partition coefficient (Wildman–Crippen LogP) is 2.39. The van der Waals surface area contributed by atoms with Crippen molar-refractivity contribution in [2.75, 3.05) is 14.1 Å². The van der Waals surface area contributed by atoms with Crippen LogP contribution in [0.3, 0.4) is 0 Å². The van der Waals surface area contributed by atoms with Gasteiger partial charge in [-0.1, -0.05) is 18.2 Å². The molecular weight excluding hydrogens is 390 g/mol. The van der Waals surface area contributed by atoms with Gasteiger partial charge in [0.05, 0.1) is 11.4 Å². The third-order valence-corrected chi connectivity index (χ3v) is 6.59. The summed E-state index contributed by atoms with van der Waals surface area (Å²) in [7, 11) is -0.883. The molecule has 0 aliphatic carbocycles. The van der Waals surface area contributed by atoms with Crippen LogP contribution < -0.4 is 5.56 Å². The van der Waals surface area contributed by atoms with Crippen molar-refractivity contribution in [3.8, 4) is 5.69 Å². The van der Waals surface area contributed by atoms with E-state index < -0.39 is 15.6 Å². The number of aromatic nitrogens is 2. The number of rotatable bonds is 6. The lowest BCUT2D eigenvalue weighted by Gasteiger charge is -2.13. The first-order valence-corrected chi connectivity index (χ1v) is 10.5. The molecule has 0 atom stereocenters. The molecule has 8 heteroatoms. The Morgan fingerprint density at radius 1 is 1.03 bits per heavy atom. The van der Waals surface area contributed by atoms with E-state index in [2.05, 4.69) is 0 Å². The second-order valence-electron chi connectivity index (χ2n) is 7.00. The smallest absolute Gasteiger partial charge is 0.251 e. The van der Waals surface area contributed by atoms with Crippen molar-refractivity contribution in [2.24, 2.45) is 0 Å². The van der Waals surface area contributed by atoms with Gasteiger partial charge in [-0.15, -0.1) is 0 Å². The molecule has 152 valence electrons. The number of ketones is 1. The van der Waals surface area contributed by atoms with E-state index in [-0.39, 0.29) is 17.2 Å². The molecule has 0 bridgehead atoms. The maximum absolute atomic E-state index is 12.9. The first-order valence-electron chi connectivity index (χ1n) is 9.03. The molecular formula is C21H23N3O4S. The molecule has 0 aliphatic rings. The quantitative estimate of drug-likeness (QED) is 0.581. The van der Waals surface area contributed by atoms with Crippen LogP contribution in [0, 0.1) is 13.8 Å². The van der Waals surface area contributed by atoms with Gasteiger partial charge < -0.3 is 9.13 Å². The van der Waals surface area contributed by atoms with Gasteiger partial charge in [0.15, 0.2) is 5.78 Å². The van der Waals surface area contributed by atoms with Crippen molar-refractivity contribution in [1.82, 2.24) is 13.4 Å². The molecule has 2 aromatic heterocycles. The molecule has 0 saturated carbocycles. The number of aryl methyl sites for hydroxylation is 1.